The van der Waals surface area contributed by atoms with Gasteiger partial charge < -0.3 is 58.7 Å². The van der Waals surface area contributed by atoms with Crippen LogP contribution in [0.1, 0.15) is 0 Å². The quantitative estimate of drug-likeness (QED) is 0.206. The van der Waals surface area contributed by atoms with Crippen LogP contribution in [0.4, 0.5) is 0 Å². The third-order valence-corrected chi connectivity index (χ3v) is 3.94. The number of rotatable bonds is 6. The van der Waals surface area contributed by atoms with Crippen LogP contribution in [0.2, 0.25) is 0 Å². The molecule has 132 valence electrons. The fraction of sp³-hybridized carbons (Fsp3) is 0. The van der Waals surface area contributed by atoms with Crippen molar-refractivity contribution >= 4 is 51.6 Å². The average molecular weight is 438 g/mol. The molecule has 15 nitrogen and oxygen atoms in total. The normalized spacial score (nSPS) is 11.1. The molecular formula is H12O15P6. The Morgan fingerprint density at radius 1 is 0.286 bits per heavy atom. The molecule has 0 amide bonds. The monoisotopic (exact) mass is 438 g/mol. The van der Waals surface area contributed by atoms with Gasteiger partial charge in [-0.25, -0.2) is 12.9 Å². The zero-order chi connectivity index (χ0) is 17.6. The second-order valence-corrected chi connectivity index (χ2v) is 6.75. The largest absolute Gasteiger partial charge is 0.334 e. The van der Waals surface area contributed by atoms with Crippen molar-refractivity contribution in [2.75, 3.05) is 0 Å². The molecule has 21 heteroatoms. The molecule has 0 atom stereocenters. The van der Waals surface area contributed by atoms with Crippen molar-refractivity contribution in [3.63, 3.8) is 0 Å². The molecule has 0 fully saturated rings. The molecular weight excluding hydrogens is 426 g/mol. The predicted octanol–water partition coefficient (Wildman–Crippen LogP) is -1.72. The second-order valence-electron chi connectivity index (χ2n) is 1.76. The van der Waals surface area contributed by atoms with Gasteiger partial charge in [0.2, 0.25) is 0 Å². The first kappa shape index (κ1) is 27.8. The van der Waals surface area contributed by atoms with Crippen molar-refractivity contribution in [1.82, 2.24) is 0 Å². The third-order valence-electron chi connectivity index (χ3n) is 0.438. The summed E-state index contributed by atoms with van der Waals surface area (Å²) in [6.45, 7) is 0. The van der Waals surface area contributed by atoms with Crippen molar-refractivity contribution in [2.24, 2.45) is 0 Å². The minimum absolute atomic E-state index is 2.61. The Bertz CT molecular complexity index is 139. The standard InChI is InChI=1S/3H4O5P2/c3*1-6(2)5-7(3)4/h3*1-4H. The van der Waals surface area contributed by atoms with Gasteiger partial charge in [0.1, 0.15) is 0 Å². The lowest BCUT2D eigenvalue weighted by molar-refractivity contribution is 0.321. The Balaban J connectivity index is -0.000000231. The molecule has 0 rings (SSSR count). The molecule has 0 saturated heterocycles. The Kier molecular flexibility index (Phi) is 24.3. The summed E-state index contributed by atoms with van der Waals surface area (Å²) in [5.41, 5.74) is 0. The zero-order valence-corrected chi connectivity index (χ0v) is 14.6. The van der Waals surface area contributed by atoms with Gasteiger partial charge in [-0.1, -0.05) is 0 Å². The minimum atomic E-state index is -2.61. The molecule has 0 aromatic heterocycles. The molecule has 12 N–H and O–H groups in total. The molecule has 0 aliphatic rings. The Labute approximate surface area is 124 Å². The van der Waals surface area contributed by atoms with E-state index in [1.54, 1.807) is 0 Å². The molecule has 0 unspecified atom stereocenters. The van der Waals surface area contributed by atoms with Crippen molar-refractivity contribution in [3.8, 4) is 0 Å². The second kappa shape index (κ2) is 18.3. The van der Waals surface area contributed by atoms with Gasteiger partial charge in [-0.3, -0.25) is 0 Å². The maximum Gasteiger partial charge on any atom is 0.334 e. The highest BCUT2D eigenvalue weighted by atomic mass is 31.2. The Morgan fingerprint density at radius 2 is 0.381 bits per heavy atom. The molecule has 0 aliphatic heterocycles. The number of hydrogen-bond donors (Lipinski definition) is 12. The molecule has 0 heterocycles. The van der Waals surface area contributed by atoms with E-state index in [1.165, 1.54) is 0 Å². The van der Waals surface area contributed by atoms with Gasteiger partial charge in [-0.05, 0) is 0 Å². The molecule has 0 aromatic carbocycles. The van der Waals surface area contributed by atoms with E-state index in [0.29, 0.717) is 0 Å². The van der Waals surface area contributed by atoms with Crippen molar-refractivity contribution in [3.05, 3.63) is 0 Å². The SMILES string of the molecule is OP(O)OP(O)O.OP(O)OP(O)O.OP(O)OP(O)O. The summed E-state index contributed by atoms with van der Waals surface area (Å²) in [4.78, 5) is 93.8. The first-order chi connectivity index (χ1) is 9.38. The predicted molar refractivity (Wildman–Crippen MR) is 71.4 cm³/mol. The first-order valence-electron chi connectivity index (χ1n) is 3.50. The van der Waals surface area contributed by atoms with Crippen LogP contribution in [0.25, 0.3) is 0 Å². The highest BCUT2D eigenvalue weighted by molar-refractivity contribution is 7.54. The van der Waals surface area contributed by atoms with E-state index in [0.717, 1.165) is 0 Å². The Hall–Kier alpha value is 1.98. The average Bonchev–Trinajstić information content (AvgIpc) is 2.10. The molecule has 0 radical (unpaired) electrons. The van der Waals surface area contributed by atoms with Crippen LogP contribution in [0.5, 0.6) is 0 Å². The van der Waals surface area contributed by atoms with Gasteiger partial charge in [0.25, 0.3) is 0 Å². The van der Waals surface area contributed by atoms with Gasteiger partial charge in [0, 0.05) is 0 Å². The molecule has 0 spiro atoms. The van der Waals surface area contributed by atoms with Gasteiger partial charge in [-0.2, -0.15) is 0 Å². The summed E-state index contributed by atoms with van der Waals surface area (Å²) in [5, 5.41) is 0. The van der Waals surface area contributed by atoms with E-state index in [9.17, 15) is 0 Å². The summed E-state index contributed by atoms with van der Waals surface area (Å²) >= 11 is 0. The smallest absolute Gasteiger partial charge is 0.328 e. The third kappa shape index (κ3) is 44.9. The van der Waals surface area contributed by atoms with E-state index >= 15 is 0 Å². The highest BCUT2D eigenvalue weighted by Crippen LogP contribution is 2.42. The molecule has 0 aromatic rings. The van der Waals surface area contributed by atoms with Crippen LogP contribution in [0.3, 0.4) is 0 Å². The molecule has 0 bridgehead atoms. The van der Waals surface area contributed by atoms with Crippen LogP contribution in [0.15, 0.2) is 0 Å². The first-order valence-corrected chi connectivity index (χ1v) is 10.5. The van der Waals surface area contributed by atoms with Crippen LogP contribution in [-0.2, 0) is 12.9 Å². The fourth-order valence-electron chi connectivity index (χ4n) is 0.196. The van der Waals surface area contributed by atoms with E-state index in [2.05, 4.69) is 12.9 Å². The van der Waals surface area contributed by atoms with Crippen LogP contribution >= 0.6 is 51.6 Å². The van der Waals surface area contributed by atoms with Gasteiger partial charge in [0.15, 0.2) is 0 Å². The lowest BCUT2D eigenvalue weighted by Crippen LogP contribution is -1.73. The minimum Gasteiger partial charge on any atom is -0.328 e. The van der Waals surface area contributed by atoms with Crippen LogP contribution in [-0.4, -0.2) is 58.7 Å². The van der Waals surface area contributed by atoms with E-state index in [1.807, 2.05) is 0 Å². The van der Waals surface area contributed by atoms with Gasteiger partial charge in [-0.15, -0.1) is 0 Å². The summed E-state index contributed by atoms with van der Waals surface area (Å²) in [6, 6.07) is 0. The summed E-state index contributed by atoms with van der Waals surface area (Å²) in [7, 11) is -15.7. The lowest BCUT2D eigenvalue weighted by atomic mass is 15.7. The summed E-state index contributed by atoms with van der Waals surface area (Å²) in [6.07, 6.45) is 0. The van der Waals surface area contributed by atoms with Gasteiger partial charge >= 0.3 is 51.6 Å². The maximum atomic E-state index is 7.82. The maximum absolute atomic E-state index is 7.82. The van der Waals surface area contributed by atoms with Crippen molar-refractivity contribution in [1.29, 1.82) is 0 Å². The summed E-state index contributed by atoms with van der Waals surface area (Å²) in [5.74, 6) is 0. The number of hydrogen-bond acceptors (Lipinski definition) is 15. The molecule has 0 aliphatic carbocycles. The van der Waals surface area contributed by atoms with Crippen molar-refractivity contribution in [2.45, 2.75) is 0 Å². The van der Waals surface area contributed by atoms with Gasteiger partial charge in [0.05, 0.1) is 0 Å². The van der Waals surface area contributed by atoms with E-state index < -0.39 is 51.6 Å². The van der Waals surface area contributed by atoms with Crippen LogP contribution < -0.4 is 0 Å². The zero-order valence-electron chi connectivity index (χ0n) is 9.27. The lowest BCUT2D eigenvalue weighted by Gasteiger charge is -2.00. The van der Waals surface area contributed by atoms with E-state index in [4.69, 9.17) is 58.7 Å². The fourth-order valence-corrected chi connectivity index (χ4v) is 1.76. The topological polar surface area (TPSA) is 270 Å². The van der Waals surface area contributed by atoms with Crippen molar-refractivity contribution < 1.29 is 71.7 Å². The Morgan fingerprint density at radius 3 is 0.381 bits per heavy atom. The molecule has 0 saturated carbocycles. The highest BCUT2D eigenvalue weighted by Gasteiger charge is 2.06. The summed E-state index contributed by atoms with van der Waals surface area (Å²) < 4.78 is 10.8. The van der Waals surface area contributed by atoms with Crippen LogP contribution in [0, 0.1) is 0 Å². The van der Waals surface area contributed by atoms with E-state index in [-0.39, 0.29) is 0 Å². The molecule has 21 heavy (non-hydrogen) atoms.